The van der Waals surface area contributed by atoms with Gasteiger partial charge in [-0.25, -0.2) is 4.79 Å². The molecule has 0 radical (unpaired) electrons. The molecule has 4 bridgehead atoms. The molecule has 4 aliphatic carbocycles. The van der Waals surface area contributed by atoms with Gasteiger partial charge in [-0.05, 0) is 86.6 Å². The molecular formula is C21H29N3O2S. The Hall–Kier alpha value is -1.56. The van der Waals surface area contributed by atoms with Gasteiger partial charge in [0.15, 0.2) is 0 Å². The summed E-state index contributed by atoms with van der Waals surface area (Å²) in [6.45, 7) is 1.33. The summed E-state index contributed by atoms with van der Waals surface area (Å²) in [5, 5.41) is 9.29. The van der Waals surface area contributed by atoms with Gasteiger partial charge in [0.1, 0.15) is 0 Å². The van der Waals surface area contributed by atoms with Crippen LogP contribution in [-0.2, 0) is 4.79 Å². The second-order valence-electron chi connectivity index (χ2n) is 9.36. The Kier molecular flexibility index (Phi) is 4.42. The first-order valence-corrected chi connectivity index (χ1v) is 11.4. The van der Waals surface area contributed by atoms with E-state index in [-0.39, 0.29) is 23.4 Å². The maximum atomic E-state index is 13.0. The van der Waals surface area contributed by atoms with Gasteiger partial charge in [0.25, 0.3) is 0 Å². The average Bonchev–Trinajstić information content (AvgIpc) is 3.13. The first-order chi connectivity index (χ1) is 13.1. The summed E-state index contributed by atoms with van der Waals surface area (Å²) < 4.78 is 0. The zero-order valence-corrected chi connectivity index (χ0v) is 16.6. The summed E-state index contributed by atoms with van der Waals surface area (Å²) in [5.74, 6) is 2.84. The van der Waals surface area contributed by atoms with Gasteiger partial charge in [-0.15, -0.1) is 11.3 Å². The Labute approximate surface area is 164 Å². The Morgan fingerprint density at radius 1 is 1.04 bits per heavy atom. The van der Waals surface area contributed by atoms with Gasteiger partial charge in [-0.3, -0.25) is 10.1 Å². The Morgan fingerprint density at radius 2 is 1.67 bits per heavy atom. The molecule has 5 fully saturated rings. The van der Waals surface area contributed by atoms with Crippen molar-refractivity contribution in [2.24, 2.45) is 23.7 Å². The van der Waals surface area contributed by atoms with E-state index in [0.717, 1.165) is 35.6 Å². The number of rotatable bonds is 3. The lowest BCUT2D eigenvalue weighted by molar-refractivity contribution is -0.132. The fraction of sp³-hybridized carbons (Fsp3) is 0.714. The van der Waals surface area contributed by atoms with Crippen LogP contribution in [0.1, 0.15) is 51.4 Å². The van der Waals surface area contributed by atoms with E-state index in [1.807, 2.05) is 22.4 Å². The van der Waals surface area contributed by atoms with E-state index in [4.69, 9.17) is 0 Å². The number of carbonyl (C=O) groups excluding carboxylic acids is 2. The third-order valence-electron chi connectivity index (χ3n) is 7.33. The van der Waals surface area contributed by atoms with Crippen molar-refractivity contribution in [2.75, 3.05) is 18.4 Å². The Balaban J connectivity index is 1.14. The van der Waals surface area contributed by atoms with Crippen molar-refractivity contribution < 1.29 is 9.59 Å². The molecule has 2 heterocycles. The van der Waals surface area contributed by atoms with E-state index in [9.17, 15) is 9.59 Å². The molecular weight excluding hydrogens is 358 g/mol. The summed E-state index contributed by atoms with van der Waals surface area (Å²) >= 11 is 1.53. The molecule has 0 unspecified atom stereocenters. The number of anilines is 1. The van der Waals surface area contributed by atoms with Gasteiger partial charge < -0.3 is 10.2 Å². The summed E-state index contributed by atoms with van der Waals surface area (Å²) in [6, 6.07) is 3.80. The first kappa shape index (κ1) is 17.5. The van der Waals surface area contributed by atoms with Crippen molar-refractivity contribution in [3.05, 3.63) is 17.5 Å². The molecule has 0 atom stereocenters. The minimum atomic E-state index is -0.0441. The van der Waals surface area contributed by atoms with Crippen molar-refractivity contribution >= 4 is 28.3 Å². The lowest BCUT2D eigenvalue weighted by Crippen LogP contribution is -2.61. The van der Waals surface area contributed by atoms with Crippen LogP contribution < -0.4 is 10.6 Å². The molecule has 2 N–H and O–H groups in total. The van der Waals surface area contributed by atoms with Crippen LogP contribution in [0.2, 0.25) is 0 Å². The highest BCUT2D eigenvalue weighted by Gasteiger charge is 2.51. The fourth-order valence-electron chi connectivity index (χ4n) is 6.51. The largest absolute Gasteiger partial charge is 0.350 e. The number of thiophene rings is 1. The van der Waals surface area contributed by atoms with Crippen molar-refractivity contribution in [2.45, 2.75) is 56.9 Å². The molecule has 3 amide bonds. The standard InChI is InChI=1S/C21H29N3O2S/c25-19(23-21-11-14-8-15(12-21)10-16(9-14)13-21)17-3-5-24(6-4-17)20(26)22-18-2-1-7-27-18/h1-2,7,14-17H,3-6,8-13H2,(H,22,26)(H,23,25). The first-order valence-electron chi connectivity index (χ1n) is 10.5. The maximum Gasteiger partial charge on any atom is 0.322 e. The van der Waals surface area contributed by atoms with Crippen LogP contribution in [0.25, 0.3) is 0 Å². The van der Waals surface area contributed by atoms with Gasteiger partial charge >= 0.3 is 6.03 Å². The van der Waals surface area contributed by atoms with Gasteiger partial charge in [-0.1, -0.05) is 0 Å². The smallest absolute Gasteiger partial charge is 0.322 e. The number of hydrogen-bond donors (Lipinski definition) is 2. The third-order valence-corrected chi connectivity index (χ3v) is 8.12. The minimum Gasteiger partial charge on any atom is -0.350 e. The highest BCUT2D eigenvalue weighted by molar-refractivity contribution is 7.14. The minimum absolute atomic E-state index is 0.0441. The second kappa shape index (κ2) is 6.80. The molecule has 0 aromatic carbocycles. The molecule has 146 valence electrons. The predicted molar refractivity (Wildman–Crippen MR) is 107 cm³/mol. The second-order valence-corrected chi connectivity index (χ2v) is 10.3. The molecule has 27 heavy (non-hydrogen) atoms. The normalized spacial score (nSPS) is 35.3. The molecule has 0 spiro atoms. The van der Waals surface area contributed by atoms with Gasteiger partial charge in [-0.2, -0.15) is 0 Å². The molecule has 1 aromatic heterocycles. The summed E-state index contributed by atoms with van der Waals surface area (Å²) in [5.41, 5.74) is 0.0967. The quantitative estimate of drug-likeness (QED) is 0.821. The van der Waals surface area contributed by atoms with Crippen molar-refractivity contribution in [3.8, 4) is 0 Å². The number of hydrogen-bond acceptors (Lipinski definition) is 3. The number of nitrogens with zero attached hydrogens (tertiary/aromatic N) is 1. The zero-order chi connectivity index (χ0) is 18.4. The van der Waals surface area contributed by atoms with E-state index < -0.39 is 0 Å². The number of carbonyl (C=O) groups is 2. The predicted octanol–water partition coefficient (Wildman–Crippen LogP) is 4.08. The van der Waals surface area contributed by atoms with E-state index in [1.165, 1.54) is 49.9 Å². The van der Waals surface area contributed by atoms with E-state index in [1.54, 1.807) is 0 Å². The fourth-order valence-corrected chi connectivity index (χ4v) is 7.11. The van der Waals surface area contributed by atoms with E-state index in [2.05, 4.69) is 10.6 Å². The van der Waals surface area contributed by atoms with Crippen molar-refractivity contribution in [1.82, 2.24) is 10.2 Å². The van der Waals surface area contributed by atoms with E-state index >= 15 is 0 Å². The molecule has 4 saturated carbocycles. The summed E-state index contributed by atoms with van der Waals surface area (Å²) in [6.07, 6.45) is 9.34. The van der Waals surface area contributed by atoms with Crippen LogP contribution in [0.5, 0.6) is 0 Å². The number of piperidine rings is 1. The topological polar surface area (TPSA) is 61.4 Å². The summed E-state index contributed by atoms with van der Waals surface area (Å²) in [7, 11) is 0. The van der Waals surface area contributed by atoms with Crippen LogP contribution in [0.4, 0.5) is 9.80 Å². The molecule has 5 nitrogen and oxygen atoms in total. The van der Waals surface area contributed by atoms with Crippen molar-refractivity contribution in [3.63, 3.8) is 0 Å². The number of urea groups is 1. The number of nitrogens with one attached hydrogen (secondary N) is 2. The lowest BCUT2D eigenvalue weighted by atomic mass is 9.53. The number of likely N-dealkylation sites (tertiary alicyclic amines) is 1. The monoisotopic (exact) mass is 387 g/mol. The van der Waals surface area contributed by atoms with Crippen LogP contribution in [0.15, 0.2) is 17.5 Å². The summed E-state index contributed by atoms with van der Waals surface area (Å²) in [4.78, 5) is 27.2. The van der Waals surface area contributed by atoms with E-state index in [0.29, 0.717) is 13.1 Å². The maximum absolute atomic E-state index is 13.0. The van der Waals surface area contributed by atoms with Gasteiger partial charge in [0.2, 0.25) is 5.91 Å². The lowest BCUT2D eigenvalue weighted by Gasteiger charge is -2.57. The molecule has 6 rings (SSSR count). The van der Waals surface area contributed by atoms with Gasteiger partial charge in [0.05, 0.1) is 5.00 Å². The molecule has 6 heteroatoms. The molecule has 1 aliphatic heterocycles. The highest BCUT2D eigenvalue weighted by Crippen LogP contribution is 2.55. The SMILES string of the molecule is O=C(NC12CC3CC(CC(C3)C1)C2)C1CCN(C(=O)Nc2cccs2)CC1. The average molecular weight is 388 g/mol. The van der Waals surface area contributed by atoms with Gasteiger partial charge in [0, 0.05) is 24.5 Å². The van der Waals surface area contributed by atoms with Crippen LogP contribution in [-0.4, -0.2) is 35.5 Å². The molecule has 1 saturated heterocycles. The van der Waals surface area contributed by atoms with Crippen LogP contribution >= 0.6 is 11.3 Å². The van der Waals surface area contributed by atoms with Crippen molar-refractivity contribution in [1.29, 1.82) is 0 Å². The van der Waals surface area contributed by atoms with Crippen LogP contribution in [0, 0.1) is 23.7 Å². The Bertz CT molecular complexity index is 674. The molecule has 5 aliphatic rings. The zero-order valence-electron chi connectivity index (χ0n) is 15.8. The Morgan fingerprint density at radius 3 is 2.22 bits per heavy atom. The number of amides is 3. The molecule has 1 aromatic rings. The van der Waals surface area contributed by atoms with Crippen LogP contribution in [0.3, 0.4) is 0 Å². The highest BCUT2D eigenvalue weighted by atomic mass is 32.1. The third kappa shape index (κ3) is 3.48.